The van der Waals surface area contributed by atoms with Crippen LogP contribution in [0.25, 0.3) is 0 Å². The van der Waals surface area contributed by atoms with Gasteiger partial charge >= 0.3 is 11.8 Å². The van der Waals surface area contributed by atoms with Gasteiger partial charge in [-0.25, -0.2) is 9.78 Å². The van der Waals surface area contributed by atoms with Crippen molar-refractivity contribution in [1.29, 1.82) is 0 Å². The Balaban J connectivity index is 2.34. The SMILES string of the molecule is C[C@@H](Nc1cc(NC(=O)O)nc(N)c1[N+](=O)[O-])[C@@H](O)c1ccccc1. The summed E-state index contributed by atoms with van der Waals surface area (Å²) in [4.78, 5) is 24.9. The fourth-order valence-electron chi connectivity index (χ4n) is 2.30. The van der Waals surface area contributed by atoms with Crippen LogP contribution in [0.3, 0.4) is 0 Å². The molecule has 0 aliphatic heterocycles. The number of benzene rings is 1. The van der Waals surface area contributed by atoms with Gasteiger partial charge in [0.05, 0.1) is 17.1 Å². The fraction of sp³-hybridized carbons (Fsp3) is 0.200. The summed E-state index contributed by atoms with van der Waals surface area (Å²) in [6, 6.07) is 9.27. The predicted molar refractivity (Wildman–Crippen MR) is 91.4 cm³/mol. The average Bonchev–Trinajstić information content (AvgIpc) is 2.53. The van der Waals surface area contributed by atoms with Crippen molar-refractivity contribution in [2.45, 2.75) is 19.1 Å². The number of amides is 1. The molecule has 1 aromatic carbocycles. The quantitative estimate of drug-likeness (QED) is 0.392. The van der Waals surface area contributed by atoms with Crippen LogP contribution in [0, 0.1) is 10.1 Å². The molecule has 10 heteroatoms. The van der Waals surface area contributed by atoms with Gasteiger partial charge in [-0.05, 0) is 12.5 Å². The Kier molecular flexibility index (Phi) is 5.35. The maximum atomic E-state index is 11.2. The van der Waals surface area contributed by atoms with Crippen LogP contribution in [0.5, 0.6) is 0 Å². The summed E-state index contributed by atoms with van der Waals surface area (Å²) in [5.41, 5.74) is 5.65. The van der Waals surface area contributed by atoms with Gasteiger partial charge in [-0.15, -0.1) is 0 Å². The lowest BCUT2D eigenvalue weighted by molar-refractivity contribution is -0.383. The van der Waals surface area contributed by atoms with Gasteiger partial charge in [-0.1, -0.05) is 30.3 Å². The first-order chi connectivity index (χ1) is 11.8. The van der Waals surface area contributed by atoms with E-state index in [0.717, 1.165) is 6.07 Å². The van der Waals surface area contributed by atoms with Crippen molar-refractivity contribution in [2.24, 2.45) is 0 Å². The number of nitrogens with one attached hydrogen (secondary N) is 2. The van der Waals surface area contributed by atoms with E-state index in [2.05, 4.69) is 10.3 Å². The third-order valence-electron chi connectivity index (χ3n) is 3.44. The molecule has 6 N–H and O–H groups in total. The molecule has 0 radical (unpaired) electrons. The van der Waals surface area contributed by atoms with Crippen molar-refractivity contribution >= 4 is 29.1 Å². The summed E-state index contributed by atoms with van der Waals surface area (Å²) in [5.74, 6) is -0.611. The molecule has 2 aromatic rings. The van der Waals surface area contributed by atoms with Crippen LogP contribution in [0.1, 0.15) is 18.6 Å². The third-order valence-corrected chi connectivity index (χ3v) is 3.44. The van der Waals surface area contributed by atoms with E-state index in [-0.39, 0.29) is 11.5 Å². The number of aliphatic hydroxyl groups excluding tert-OH is 1. The number of nitrogens with zero attached hydrogens (tertiary/aromatic N) is 2. The van der Waals surface area contributed by atoms with Crippen molar-refractivity contribution in [3.05, 3.63) is 52.1 Å². The molecule has 132 valence electrons. The molecule has 10 nitrogen and oxygen atoms in total. The zero-order valence-corrected chi connectivity index (χ0v) is 13.2. The molecule has 2 rings (SSSR count). The molecule has 0 fully saturated rings. The Hall–Kier alpha value is -3.40. The van der Waals surface area contributed by atoms with Crippen LogP contribution in [0.4, 0.5) is 27.8 Å². The Morgan fingerprint density at radius 2 is 2.00 bits per heavy atom. The molecule has 1 heterocycles. The molecule has 25 heavy (non-hydrogen) atoms. The van der Waals surface area contributed by atoms with Crippen LogP contribution in [0.15, 0.2) is 36.4 Å². The summed E-state index contributed by atoms with van der Waals surface area (Å²) in [7, 11) is 0. The molecule has 1 amide bonds. The summed E-state index contributed by atoms with van der Waals surface area (Å²) in [6.45, 7) is 1.63. The van der Waals surface area contributed by atoms with Gasteiger partial charge in [0, 0.05) is 6.07 Å². The number of rotatable bonds is 6. The van der Waals surface area contributed by atoms with Gasteiger partial charge in [-0.3, -0.25) is 15.4 Å². The van der Waals surface area contributed by atoms with Crippen LogP contribution in [-0.2, 0) is 0 Å². The number of aliphatic hydroxyl groups is 1. The Morgan fingerprint density at radius 1 is 1.36 bits per heavy atom. The minimum atomic E-state index is -1.39. The number of carbonyl (C=O) groups is 1. The van der Waals surface area contributed by atoms with Crippen LogP contribution >= 0.6 is 0 Å². The molecule has 1 aromatic heterocycles. The molecular formula is C15H17N5O5. The van der Waals surface area contributed by atoms with Crippen LogP contribution < -0.4 is 16.4 Å². The number of nitrogen functional groups attached to an aromatic ring is 1. The van der Waals surface area contributed by atoms with Crippen molar-refractivity contribution in [2.75, 3.05) is 16.4 Å². The maximum Gasteiger partial charge on any atom is 0.410 e. The predicted octanol–water partition coefficient (Wildman–Crippen LogP) is 2.20. The zero-order valence-electron chi connectivity index (χ0n) is 13.2. The van der Waals surface area contributed by atoms with E-state index in [0.29, 0.717) is 5.56 Å². The molecule has 0 aliphatic carbocycles. The van der Waals surface area contributed by atoms with Gasteiger partial charge in [-0.2, -0.15) is 0 Å². The topological polar surface area (TPSA) is 164 Å². The molecule has 0 unspecified atom stereocenters. The van der Waals surface area contributed by atoms with Crippen molar-refractivity contribution in [3.8, 4) is 0 Å². The summed E-state index contributed by atoms with van der Waals surface area (Å²) in [5, 5.41) is 35.2. The lowest BCUT2D eigenvalue weighted by atomic mass is 10.0. The first kappa shape index (κ1) is 17.9. The second kappa shape index (κ2) is 7.45. The Labute approximate surface area is 142 Å². The van der Waals surface area contributed by atoms with Crippen molar-refractivity contribution < 1.29 is 19.9 Å². The molecule has 0 spiro atoms. The highest BCUT2D eigenvalue weighted by atomic mass is 16.6. The normalized spacial score (nSPS) is 12.9. The summed E-state index contributed by atoms with van der Waals surface area (Å²) in [6.07, 6.45) is -2.34. The van der Waals surface area contributed by atoms with Crippen molar-refractivity contribution in [1.82, 2.24) is 4.98 Å². The molecule has 0 bridgehead atoms. The number of aromatic nitrogens is 1. The first-order valence-corrected chi connectivity index (χ1v) is 7.24. The number of nitro groups is 1. The highest BCUT2D eigenvalue weighted by Gasteiger charge is 2.25. The second-order valence-corrected chi connectivity index (χ2v) is 5.26. The third kappa shape index (κ3) is 4.32. The molecule has 0 saturated heterocycles. The molecule has 0 saturated carbocycles. The van der Waals surface area contributed by atoms with Gasteiger partial charge in [0.25, 0.3) is 0 Å². The van der Waals surface area contributed by atoms with E-state index in [1.165, 1.54) is 0 Å². The van der Waals surface area contributed by atoms with Gasteiger partial charge in [0.1, 0.15) is 11.5 Å². The van der Waals surface area contributed by atoms with Gasteiger partial charge in [0.15, 0.2) is 0 Å². The van der Waals surface area contributed by atoms with E-state index < -0.39 is 34.7 Å². The minimum Gasteiger partial charge on any atom is -0.465 e. The first-order valence-electron chi connectivity index (χ1n) is 7.24. The number of hydrogen-bond donors (Lipinski definition) is 5. The van der Waals surface area contributed by atoms with Crippen LogP contribution in [-0.4, -0.2) is 32.3 Å². The molecule has 0 aliphatic rings. The number of carboxylic acid groups (broad SMARTS) is 1. The van der Waals surface area contributed by atoms with Gasteiger partial charge in [0.2, 0.25) is 5.82 Å². The van der Waals surface area contributed by atoms with E-state index in [4.69, 9.17) is 10.8 Å². The minimum absolute atomic E-state index is 0.0521. The summed E-state index contributed by atoms with van der Waals surface area (Å²) < 4.78 is 0. The lowest BCUT2D eigenvalue weighted by Gasteiger charge is -2.22. The summed E-state index contributed by atoms with van der Waals surface area (Å²) >= 11 is 0. The monoisotopic (exact) mass is 347 g/mol. The fourth-order valence-corrected chi connectivity index (χ4v) is 2.30. The van der Waals surface area contributed by atoms with Crippen molar-refractivity contribution in [3.63, 3.8) is 0 Å². The number of nitrogens with two attached hydrogens (primary N) is 1. The largest absolute Gasteiger partial charge is 0.465 e. The molecular weight excluding hydrogens is 330 g/mol. The maximum absolute atomic E-state index is 11.2. The lowest BCUT2D eigenvalue weighted by Crippen LogP contribution is -2.25. The van der Waals surface area contributed by atoms with Gasteiger partial charge < -0.3 is 21.3 Å². The van der Waals surface area contributed by atoms with E-state index in [9.17, 15) is 20.0 Å². The van der Waals surface area contributed by atoms with E-state index >= 15 is 0 Å². The van der Waals surface area contributed by atoms with E-state index in [1.54, 1.807) is 37.3 Å². The number of anilines is 3. The molecule has 2 atom stereocenters. The zero-order chi connectivity index (χ0) is 18.6. The standard InChI is InChI=1S/C15H17N5O5/c1-8(13(21)9-5-3-2-4-6-9)17-10-7-11(19-15(22)23)18-14(16)12(10)20(24)25/h2-8,13,21H,1H3,(H,22,23)(H4,16,17,18,19)/t8-,13-/m1/s1. The smallest absolute Gasteiger partial charge is 0.410 e. The second-order valence-electron chi connectivity index (χ2n) is 5.26. The number of pyridine rings is 1. The Bertz CT molecular complexity index is 783. The Morgan fingerprint density at radius 3 is 2.56 bits per heavy atom. The highest BCUT2D eigenvalue weighted by molar-refractivity contribution is 5.85. The highest BCUT2D eigenvalue weighted by Crippen LogP contribution is 2.33. The van der Waals surface area contributed by atoms with E-state index in [1.807, 2.05) is 5.32 Å². The van der Waals surface area contributed by atoms with Crippen LogP contribution in [0.2, 0.25) is 0 Å². The number of hydrogen-bond acceptors (Lipinski definition) is 7. The average molecular weight is 347 g/mol.